The highest BCUT2D eigenvalue weighted by molar-refractivity contribution is 5.90. The second-order valence-corrected chi connectivity index (χ2v) is 8.07. The number of carbonyl (C=O) groups is 2. The van der Waals surface area contributed by atoms with Gasteiger partial charge in [-0.15, -0.1) is 5.10 Å². The Morgan fingerprint density at radius 1 is 1.35 bits per heavy atom. The van der Waals surface area contributed by atoms with Crippen molar-refractivity contribution >= 4 is 18.1 Å². The van der Waals surface area contributed by atoms with Crippen LogP contribution in [0.3, 0.4) is 0 Å². The molecular weight excluding hydrogens is 394 g/mol. The van der Waals surface area contributed by atoms with Crippen LogP contribution in [0.15, 0.2) is 36.4 Å². The average Bonchev–Trinajstić information content (AvgIpc) is 3.37. The molecule has 1 unspecified atom stereocenters. The van der Waals surface area contributed by atoms with Crippen molar-refractivity contribution < 1.29 is 9.59 Å². The van der Waals surface area contributed by atoms with Crippen LogP contribution in [-0.2, 0) is 17.8 Å². The summed E-state index contributed by atoms with van der Waals surface area (Å²) in [6.07, 6.45) is 4.34. The van der Waals surface area contributed by atoms with E-state index in [0.717, 1.165) is 36.3 Å². The minimum absolute atomic E-state index is 0.105. The second-order valence-electron chi connectivity index (χ2n) is 8.07. The third-order valence-electron chi connectivity index (χ3n) is 5.39. The first-order valence-corrected chi connectivity index (χ1v) is 10.6. The molecule has 9 heteroatoms. The number of aromatic amines is 1. The molecule has 31 heavy (non-hydrogen) atoms. The van der Waals surface area contributed by atoms with E-state index in [1.807, 2.05) is 48.0 Å². The predicted molar refractivity (Wildman–Crippen MR) is 116 cm³/mol. The largest absolute Gasteiger partial charge is 0.347 e. The van der Waals surface area contributed by atoms with Gasteiger partial charge >= 0.3 is 0 Å². The average molecular weight is 422 g/mol. The number of nitrogens with one attached hydrogen (secondary N) is 2. The number of anilines is 1. The molecule has 2 amide bonds. The number of carbonyl (C=O) groups excluding carboxylic acids is 2. The van der Waals surface area contributed by atoms with Crippen molar-refractivity contribution in [3.05, 3.63) is 59.3 Å². The number of rotatable bonds is 10. The van der Waals surface area contributed by atoms with E-state index in [1.165, 1.54) is 4.90 Å². The summed E-state index contributed by atoms with van der Waals surface area (Å²) in [6.45, 7) is 2.53. The Morgan fingerprint density at radius 2 is 2.13 bits per heavy atom. The molecule has 1 saturated carbocycles. The topological polar surface area (TPSA) is 109 Å². The van der Waals surface area contributed by atoms with Gasteiger partial charge in [-0.1, -0.05) is 30.3 Å². The fourth-order valence-corrected chi connectivity index (χ4v) is 3.45. The molecule has 0 bridgehead atoms. The van der Waals surface area contributed by atoms with Gasteiger partial charge in [0.2, 0.25) is 12.2 Å². The molecule has 9 nitrogen and oxygen atoms in total. The normalized spacial score (nSPS) is 14.3. The molecule has 0 aliphatic heterocycles. The number of hydrogen-bond acceptors (Lipinski definition) is 5. The van der Waals surface area contributed by atoms with Crippen LogP contribution in [0.4, 0.5) is 5.82 Å². The van der Waals surface area contributed by atoms with Crippen molar-refractivity contribution in [2.75, 3.05) is 11.9 Å². The van der Waals surface area contributed by atoms with E-state index in [9.17, 15) is 9.59 Å². The Hall–Kier alpha value is -3.49. The molecule has 1 aliphatic carbocycles. The molecule has 1 aliphatic rings. The minimum Gasteiger partial charge on any atom is -0.347 e. The first kappa shape index (κ1) is 20.8. The van der Waals surface area contributed by atoms with E-state index < -0.39 is 0 Å². The van der Waals surface area contributed by atoms with Crippen LogP contribution in [-0.4, -0.2) is 50.4 Å². The number of aromatic nitrogens is 5. The first-order valence-electron chi connectivity index (χ1n) is 10.6. The van der Waals surface area contributed by atoms with E-state index in [4.69, 9.17) is 0 Å². The fraction of sp³-hybridized carbons (Fsp3) is 0.409. The lowest BCUT2D eigenvalue weighted by Gasteiger charge is -2.16. The second kappa shape index (κ2) is 9.11. The van der Waals surface area contributed by atoms with Crippen molar-refractivity contribution in [3.63, 3.8) is 0 Å². The molecule has 0 saturated heterocycles. The molecule has 1 fully saturated rings. The minimum atomic E-state index is -0.313. The molecule has 4 rings (SSSR count). The summed E-state index contributed by atoms with van der Waals surface area (Å²) < 4.78 is 1.84. The van der Waals surface area contributed by atoms with Crippen LogP contribution in [0.5, 0.6) is 0 Å². The van der Waals surface area contributed by atoms with Crippen LogP contribution in [0.25, 0.3) is 0 Å². The van der Waals surface area contributed by atoms with Crippen LogP contribution in [0.2, 0.25) is 0 Å². The zero-order valence-electron chi connectivity index (χ0n) is 17.8. The third kappa shape index (κ3) is 5.17. The van der Waals surface area contributed by atoms with Crippen molar-refractivity contribution in [2.24, 2.45) is 0 Å². The summed E-state index contributed by atoms with van der Waals surface area (Å²) in [7, 11) is 1.72. The zero-order valence-corrected chi connectivity index (χ0v) is 17.8. The Kier molecular flexibility index (Phi) is 6.11. The van der Waals surface area contributed by atoms with Crippen molar-refractivity contribution in [2.45, 2.75) is 51.1 Å². The molecule has 2 aromatic heterocycles. The highest BCUT2D eigenvalue weighted by Crippen LogP contribution is 2.40. The molecule has 1 aromatic carbocycles. The monoisotopic (exact) mass is 421 g/mol. The van der Waals surface area contributed by atoms with Crippen LogP contribution >= 0.6 is 0 Å². The van der Waals surface area contributed by atoms with E-state index >= 15 is 0 Å². The standard InChI is InChI=1S/C22H27N7O2/c1-15(10-11-29-20(28(2)14-30)13-18(27-29)17-8-9-17)23-22(31)21-24-19(25-26-21)12-16-6-4-3-5-7-16/h3-7,13-15,17H,8-12H2,1-2H3,(H,23,31)(H,24,25,26). The van der Waals surface area contributed by atoms with Gasteiger partial charge < -0.3 is 10.2 Å². The maximum Gasteiger partial charge on any atom is 0.291 e. The number of aryl methyl sites for hydroxylation is 1. The maximum atomic E-state index is 12.5. The summed E-state index contributed by atoms with van der Waals surface area (Å²) in [5.41, 5.74) is 2.13. The quantitative estimate of drug-likeness (QED) is 0.488. The van der Waals surface area contributed by atoms with Gasteiger partial charge in [-0.05, 0) is 31.7 Å². The van der Waals surface area contributed by atoms with Gasteiger partial charge in [0, 0.05) is 38.0 Å². The number of H-pyrrole nitrogens is 1. The number of amides is 2. The van der Waals surface area contributed by atoms with E-state index in [2.05, 4.69) is 25.6 Å². The highest BCUT2D eigenvalue weighted by Gasteiger charge is 2.28. The van der Waals surface area contributed by atoms with Crippen LogP contribution < -0.4 is 10.2 Å². The molecular formula is C22H27N7O2. The van der Waals surface area contributed by atoms with E-state index in [-0.39, 0.29) is 17.8 Å². The summed E-state index contributed by atoms with van der Waals surface area (Å²) in [6, 6.07) is 11.8. The zero-order chi connectivity index (χ0) is 21.8. The molecule has 0 spiro atoms. The van der Waals surface area contributed by atoms with Crippen molar-refractivity contribution in [1.82, 2.24) is 30.3 Å². The first-order chi connectivity index (χ1) is 15.0. The van der Waals surface area contributed by atoms with Gasteiger partial charge in [0.25, 0.3) is 5.91 Å². The lowest BCUT2D eigenvalue weighted by molar-refractivity contribution is -0.107. The van der Waals surface area contributed by atoms with Gasteiger partial charge in [0.05, 0.1) is 5.69 Å². The van der Waals surface area contributed by atoms with Gasteiger partial charge in [0.1, 0.15) is 11.6 Å². The summed E-state index contributed by atoms with van der Waals surface area (Å²) in [5, 5.41) is 14.5. The van der Waals surface area contributed by atoms with Crippen molar-refractivity contribution in [1.29, 1.82) is 0 Å². The van der Waals surface area contributed by atoms with Gasteiger partial charge in [-0.3, -0.25) is 14.7 Å². The van der Waals surface area contributed by atoms with Gasteiger partial charge in [-0.2, -0.15) is 5.10 Å². The summed E-state index contributed by atoms with van der Waals surface area (Å²) >= 11 is 0. The Balaban J connectivity index is 1.32. The maximum absolute atomic E-state index is 12.5. The lowest BCUT2D eigenvalue weighted by atomic mass is 10.1. The Labute approximate surface area is 180 Å². The predicted octanol–water partition coefficient (Wildman–Crippen LogP) is 2.27. The van der Waals surface area contributed by atoms with Gasteiger partial charge in [-0.25, -0.2) is 9.67 Å². The van der Waals surface area contributed by atoms with Gasteiger partial charge in [0.15, 0.2) is 0 Å². The number of hydrogen-bond donors (Lipinski definition) is 2. The molecule has 2 heterocycles. The lowest BCUT2D eigenvalue weighted by Crippen LogP contribution is -2.34. The molecule has 3 aromatic rings. The number of nitrogens with zero attached hydrogens (tertiary/aromatic N) is 5. The SMILES string of the molecule is CC(CCn1nc(C2CC2)cc1N(C)C=O)NC(=O)c1n[nH]c(Cc2ccccc2)n1. The third-order valence-corrected chi connectivity index (χ3v) is 5.39. The Bertz CT molecular complexity index is 1040. The van der Waals surface area contributed by atoms with E-state index in [0.29, 0.717) is 31.1 Å². The fourth-order valence-electron chi connectivity index (χ4n) is 3.45. The smallest absolute Gasteiger partial charge is 0.291 e. The molecule has 2 N–H and O–H groups in total. The summed E-state index contributed by atoms with van der Waals surface area (Å²) in [4.78, 5) is 29.6. The summed E-state index contributed by atoms with van der Waals surface area (Å²) in [5.74, 6) is 1.75. The van der Waals surface area contributed by atoms with Crippen molar-refractivity contribution in [3.8, 4) is 0 Å². The van der Waals surface area contributed by atoms with Crippen LogP contribution in [0.1, 0.15) is 59.8 Å². The van der Waals surface area contributed by atoms with E-state index in [1.54, 1.807) is 7.05 Å². The molecule has 162 valence electrons. The molecule has 1 atom stereocenters. The number of benzene rings is 1. The van der Waals surface area contributed by atoms with Crippen LogP contribution in [0, 0.1) is 0 Å². The highest BCUT2D eigenvalue weighted by atomic mass is 16.2. The Morgan fingerprint density at radius 3 is 2.84 bits per heavy atom. The molecule has 0 radical (unpaired) electrons.